The predicted octanol–water partition coefficient (Wildman–Crippen LogP) is 13.0. The van der Waals surface area contributed by atoms with E-state index in [9.17, 15) is 0 Å². The summed E-state index contributed by atoms with van der Waals surface area (Å²) in [5.41, 5.74) is 2.59. The molecule has 2 heterocycles. The van der Waals surface area contributed by atoms with Crippen LogP contribution in [0.2, 0.25) is 0 Å². The van der Waals surface area contributed by atoms with Crippen molar-refractivity contribution in [1.29, 1.82) is 0 Å². The third kappa shape index (κ3) is 20.7. The van der Waals surface area contributed by atoms with Crippen LogP contribution in [0.25, 0.3) is 11.1 Å². The number of nitrogens with zero attached hydrogens (tertiary/aromatic N) is 2. The van der Waals surface area contributed by atoms with E-state index in [0.717, 1.165) is 62.1 Å². The van der Waals surface area contributed by atoms with Gasteiger partial charge in [-0.2, -0.15) is 0 Å². The molecule has 0 amide bonds. The Morgan fingerprint density at radius 1 is 0.328 bits per heavy atom. The van der Waals surface area contributed by atoms with Crippen LogP contribution in [0.15, 0.2) is 123 Å². The molecule has 6 nitrogen and oxygen atoms in total. The van der Waals surface area contributed by atoms with Crippen LogP contribution < -0.4 is 28.1 Å². The molecule has 58 heavy (non-hydrogen) atoms. The number of rotatable bonds is 35. The maximum atomic E-state index is 5.87. The van der Waals surface area contributed by atoms with Gasteiger partial charge in [-0.05, 0) is 85.3 Å². The van der Waals surface area contributed by atoms with Gasteiger partial charge < -0.3 is 18.9 Å². The van der Waals surface area contributed by atoms with Gasteiger partial charge in [-0.3, -0.25) is 0 Å². The first-order chi connectivity index (χ1) is 28.7. The van der Waals surface area contributed by atoms with Crippen LogP contribution in [-0.2, 0) is 13.1 Å². The van der Waals surface area contributed by atoms with E-state index in [-0.39, 0.29) is 0 Å². The van der Waals surface area contributed by atoms with Crippen molar-refractivity contribution in [3.8, 4) is 34.1 Å². The first kappa shape index (κ1) is 46.1. The maximum Gasteiger partial charge on any atom is 0.169 e. The smallest absolute Gasteiger partial charge is 0.169 e. The van der Waals surface area contributed by atoms with Crippen molar-refractivity contribution in [2.45, 2.75) is 142 Å². The quantitative estimate of drug-likeness (QED) is 0.0264. The lowest BCUT2D eigenvalue weighted by Gasteiger charge is -2.08. The second-order valence-electron chi connectivity index (χ2n) is 15.6. The normalized spacial score (nSPS) is 11.0. The molecule has 0 bridgehead atoms. The number of ether oxygens (including phenoxy) is 4. The van der Waals surface area contributed by atoms with Crippen molar-refractivity contribution in [3.05, 3.63) is 123 Å². The standard InChI is InChI=1S/C52H74N2O4/c1-3-43-55-49-25-29-51(30-26-49)57-45-23-19-15-11-7-5-9-13-17-21-37-53-39-33-47(34-40-53)48-35-41-54(42-36-48)38-22-18-14-10-6-8-12-16-20-24-46-58-52-31-27-50(28-32-52)56-44-4-2/h3-4,25-36,39-42H,1-2,5-24,37-38,43-46H2/q+2. The Labute approximate surface area is 351 Å². The fraction of sp³-hybridized carbons (Fsp3) is 0.500. The molecule has 0 radical (unpaired) electrons. The molecule has 0 aliphatic rings. The van der Waals surface area contributed by atoms with Gasteiger partial charge >= 0.3 is 0 Å². The third-order valence-electron chi connectivity index (χ3n) is 10.7. The topological polar surface area (TPSA) is 44.7 Å². The zero-order chi connectivity index (χ0) is 40.6. The molecule has 4 rings (SSSR count). The number of hydrogen-bond acceptors (Lipinski definition) is 4. The molecule has 0 spiro atoms. The summed E-state index contributed by atoms with van der Waals surface area (Å²) < 4.78 is 27.5. The van der Waals surface area contributed by atoms with Crippen LogP contribution in [0.1, 0.15) is 128 Å². The molecule has 314 valence electrons. The highest BCUT2D eigenvalue weighted by atomic mass is 16.5. The van der Waals surface area contributed by atoms with E-state index in [1.165, 1.54) is 127 Å². The van der Waals surface area contributed by atoms with E-state index >= 15 is 0 Å². The molecule has 2 aromatic heterocycles. The number of aromatic nitrogens is 2. The Hall–Kier alpha value is -4.58. The fourth-order valence-corrected chi connectivity index (χ4v) is 7.17. The summed E-state index contributed by atoms with van der Waals surface area (Å²) in [6, 6.07) is 24.8. The molecular weight excluding hydrogens is 717 g/mol. The molecule has 0 saturated heterocycles. The van der Waals surface area contributed by atoms with E-state index in [0.29, 0.717) is 13.2 Å². The maximum absolute atomic E-state index is 5.87. The van der Waals surface area contributed by atoms with E-state index in [4.69, 9.17) is 18.9 Å². The predicted molar refractivity (Wildman–Crippen MR) is 240 cm³/mol. The molecular formula is C52H74N2O4+2. The van der Waals surface area contributed by atoms with Gasteiger partial charge in [-0.25, -0.2) is 9.13 Å². The zero-order valence-corrected chi connectivity index (χ0v) is 35.7. The first-order valence-electron chi connectivity index (χ1n) is 22.7. The Balaban J connectivity index is 0.903. The number of pyridine rings is 2. The third-order valence-corrected chi connectivity index (χ3v) is 10.7. The van der Waals surface area contributed by atoms with Crippen molar-refractivity contribution in [2.75, 3.05) is 26.4 Å². The average molecular weight is 791 g/mol. The van der Waals surface area contributed by atoms with E-state index in [2.05, 4.69) is 71.3 Å². The molecule has 0 aliphatic heterocycles. The Morgan fingerprint density at radius 2 is 0.586 bits per heavy atom. The molecule has 0 aliphatic carbocycles. The minimum Gasteiger partial charge on any atom is -0.494 e. The summed E-state index contributed by atoms with van der Waals surface area (Å²) >= 11 is 0. The molecule has 0 N–H and O–H groups in total. The van der Waals surface area contributed by atoms with Crippen molar-refractivity contribution in [2.24, 2.45) is 0 Å². The molecule has 0 fully saturated rings. The highest BCUT2D eigenvalue weighted by Gasteiger charge is 2.07. The van der Waals surface area contributed by atoms with Crippen LogP contribution in [0.4, 0.5) is 0 Å². The lowest BCUT2D eigenvalue weighted by Crippen LogP contribution is -2.33. The second-order valence-corrected chi connectivity index (χ2v) is 15.6. The number of unbranched alkanes of at least 4 members (excludes halogenated alkanes) is 18. The molecule has 6 heteroatoms. The van der Waals surface area contributed by atoms with Crippen molar-refractivity contribution >= 4 is 0 Å². The largest absolute Gasteiger partial charge is 0.494 e. The minimum atomic E-state index is 0.528. The summed E-state index contributed by atoms with van der Waals surface area (Å²) in [6.45, 7) is 12.2. The number of aryl methyl sites for hydroxylation is 2. The zero-order valence-electron chi connectivity index (χ0n) is 35.7. The SMILES string of the molecule is C=CCOc1ccc(OCCCCCCCCCCCC[n+]2ccc(-c3cc[n+](CCCCCCCCCCCCOc4ccc(OCC=C)cc4)cc3)cc2)cc1. The molecule has 0 atom stereocenters. The van der Waals surface area contributed by atoms with Crippen LogP contribution in [0.3, 0.4) is 0 Å². The first-order valence-corrected chi connectivity index (χ1v) is 22.7. The highest BCUT2D eigenvalue weighted by Crippen LogP contribution is 2.20. The molecule has 0 saturated carbocycles. The van der Waals surface area contributed by atoms with Crippen LogP contribution in [0.5, 0.6) is 23.0 Å². The Bertz CT molecular complexity index is 1480. The van der Waals surface area contributed by atoms with Gasteiger partial charge in [0, 0.05) is 37.1 Å². The summed E-state index contributed by atoms with van der Waals surface area (Å²) in [4.78, 5) is 0. The van der Waals surface area contributed by atoms with Gasteiger partial charge in [0.1, 0.15) is 49.3 Å². The fourth-order valence-electron chi connectivity index (χ4n) is 7.17. The lowest BCUT2D eigenvalue weighted by atomic mass is 10.1. The van der Waals surface area contributed by atoms with Gasteiger partial charge in [-0.1, -0.05) is 115 Å². The van der Waals surface area contributed by atoms with Gasteiger partial charge in [0.15, 0.2) is 24.8 Å². The number of hydrogen-bond donors (Lipinski definition) is 0. The van der Waals surface area contributed by atoms with Gasteiger partial charge in [0.05, 0.1) is 13.2 Å². The Morgan fingerprint density at radius 3 is 0.879 bits per heavy atom. The highest BCUT2D eigenvalue weighted by molar-refractivity contribution is 5.60. The lowest BCUT2D eigenvalue weighted by molar-refractivity contribution is -0.697. The van der Waals surface area contributed by atoms with Gasteiger partial charge in [0.25, 0.3) is 0 Å². The van der Waals surface area contributed by atoms with Gasteiger partial charge in [0.2, 0.25) is 0 Å². The van der Waals surface area contributed by atoms with Crippen LogP contribution in [-0.4, -0.2) is 26.4 Å². The van der Waals surface area contributed by atoms with Gasteiger partial charge in [-0.15, -0.1) is 0 Å². The van der Waals surface area contributed by atoms with Crippen LogP contribution >= 0.6 is 0 Å². The van der Waals surface area contributed by atoms with E-state index in [1.807, 2.05) is 48.5 Å². The summed E-state index contributed by atoms with van der Waals surface area (Å²) in [5.74, 6) is 3.53. The minimum absolute atomic E-state index is 0.528. The number of benzene rings is 2. The summed E-state index contributed by atoms with van der Waals surface area (Å²) in [6.07, 6.45) is 38.5. The summed E-state index contributed by atoms with van der Waals surface area (Å²) in [5, 5.41) is 0. The van der Waals surface area contributed by atoms with Crippen LogP contribution in [0, 0.1) is 0 Å². The van der Waals surface area contributed by atoms with Crippen molar-refractivity contribution in [3.63, 3.8) is 0 Å². The molecule has 4 aromatic rings. The van der Waals surface area contributed by atoms with Crippen molar-refractivity contribution in [1.82, 2.24) is 0 Å². The van der Waals surface area contributed by atoms with E-state index in [1.54, 1.807) is 12.2 Å². The van der Waals surface area contributed by atoms with Crippen molar-refractivity contribution < 1.29 is 28.1 Å². The monoisotopic (exact) mass is 791 g/mol. The molecule has 0 unspecified atom stereocenters. The average Bonchev–Trinajstić information content (AvgIpc) is 3.26. The Kier molecular flexibility index (Phi) is 24.2. The van der Waals surface area contributed by atoms with E-state index < -0.39 is 0 Å². The second kappa shape index (κ2) is 30.5. The molecule has 2 aromatic carbocycles. The summed E-state index contributed by atoms with van der Waals surface area (Å²) in [7, 11) is 0.